The van der Waals surface area contributed by atoms with Gasteiger partial charge in [0, 0.05) is 24.0 Å². The van der Waals surface area contributed by atoms with E-state index in [2.05, 4.69) is 51.4 Å². The fraction of sp³-hybridized carbons (Fsp3) is 0.625. The highest BCUT2D eigenvalue weighted by molar-refractivity contribution is 9.10. The molecule has 4 heteroatoms. The van der Waals surface area contributed by atoms with Gasteiger partial charge in [-0.05, 0) is 62.7 Å². The Hall–Kier alpha value is -0.580. The van der Waals surface area contributed by atoms with Crippen molar-refractivity contribution in [1.82, 2.24) is 10.2 Å². The van der Waals surface area contributed by atoms with E-state index < -0.39 is 0 Å². The van der Waals surface area contributed by atoms with Crippen molar-refractivity contribution >= 4 is 15.9 Å². The van der Waals surface area contributed by atoms with E-state index in [1.165, 1.54) is 38.0 Å². The third kappa shape index (κ3) is 3.54. The monoisotopic (exact) mass is 338 g/mol. The van der Waals surface area contributed by atoms with E-state index in [-0.39, 0.29) is 0 Å². The fourth-order valence-electron chi connectivity index (χ4n) is 3.32. The lowest BCUT2D eigenvalue weighted by atomic mass is 9.97. The van der Waals surface area contributed by atoms with Gasteiger partial charge in [-0.3, -0.25) is 0 Å². The molecule has 0 bridgehead atoms. The third-order valence-electron chi connectivity index (χ3n) is 4.31. The number of rotatable bonds is 4. The van der Waals surface area contributed by atoms with Gasteiger partial charge in [0.1, 0.15) is 11.9 Å². The minimum absolute atomic E-state index is 0.311. The molecule has 1 atom stereocenters. The molecule has 0 spiro atoms. The number of likely N-dealkylation sites (N-methyl/N-ethyl adjacent to an activating group) is 1. The second-order valence-corrected chi connectivity index (χ2v) is 7.03. The Morgan fingerprint density at radius 3 is 2.90 bits per heavy atom. The lowest BCUT2D eigenvalue weighted by Crippen LogP contribution is -2.38. The van der Waals surface area contributed by atoms with Crippen LogP contribution in [0.25, 0.3) is 0 Å². The van der Waals surface area contributed by atoms with E-state index in [1.807, 2.05) is 0 Å². The summed E-state index contributed by atoms with van der Waals surface area (Å²) in [6.07, 6.45) is 3.96. The van der Waals surface area contributed by atoms with Gasteiger partial charge >= 0.3 is 0 Å². The molecule has 2 aliphatic rings. The Bertz CT molecular complexity index is 460. The molecule has 0 saturated carbocycles. The highest BCUT2D eigenvalue weighted by atomic mass is 79.9. The van der Waals surface area contributed by atoms with E-state index >= 15 is 0 Å². The standard InChI is InChI=1S/C16H23BrN2O/c1-19(10-12-4-6-18-7-5-12)11-15-9-13-8-14(17)2-3-16(13)20-15/h2-3,8,12,15,18H,4-7,9-11H2,1H3. The Kier molecular flexibility index (Phi) is 4.64. The van der Waals surface area contributed by atoms with Crippen LogP contribution >= 0.6 is 15.9 Å². The van der Waals surface area contributed by atoms with Crippen molar-refractivity contribution in [2.24, 2.45) is 5.92 Å². The second kappa shape index (κ2) is 6.46. The number of fused-ring (bicyclic) bond motifs is 1. The van der Waals surface area contributed by atoms with Crippen LogP contribution in [0.2, 0.25) is 0 Å². The summed E-state index contributed by atoms with van der Waals surface area (Å²) in [4.78, 5) is 2.45. The van der Waals surface area contributed by atoms with Gasteiger partial charge in [-0.2, -0.15) is 0 Å². The quantitative estimate of drug-likeness (QED) is 0.913. The summed E-state index contributed by atoms with van der Waals surface area (Å²) >= 11 is 3.53. The van der Waals surface area contributed by atoms with Gasteiger partial charge in [-0.15, -0.1) is 0 Å². The van der Waals surface area contributed by atoms with Crippen LogP contribution in [0.5, 0.6) is 5.75 Å². The topological polar surface area (TPSA) is 24.5 Å². The highest BCUT2D eigenvalue weighted by Gasteiger charge is 2.25. The zero-order chi connectivity index (χ0) is 13.9. The van der Waals surface area contributed by atoms with Crippen molar-refractivity contribution in [2.75, 3.05) is 33.2 Å². The van der Waals surface area contributed by atoms with E-state index in [4.69, 9.17) is 4.74 Å². The molecular weight excluding hydrogens is 316 g/mol. The molecule has 3 nitrogen and oxygen atoms in total. The molecule has 1 unspecified atom stereocenters. The highest BCUT2D eigenvalue weighted by Crippen LogP contribution is 2.31. The van der Waals surface area contributed by atoms with Crippen LogP contribution in [-0.4, -0.2) is 44.2 Å². The van der Waals surface area contributed by atoms with Gasteiger partial charge < -0.3 is 15.0 Å². The molecule has 0 radical (unpaired) electrons. The summed E-state index contributed by atoms with van der Waals surface area (Å²) in [7, 11) is 2.23. The maximum absolute atomic E-state index is 6.05. The van der Waals surface area contributed by atoms with Gasteiger partial charge in [0.25, 0.3) is 0 Å². The van der Waals surface area contributed by atoms with Crippen molar-refractivity contribution in [2.45, 2.75) is 25.4 Å². The molecule has 0 aromatic heterocycles. The molecule has 3 rings (SSSR count). The molecule has 0 amide bonds. The van der Waals surface area contributed by atoms with Crippen molar-refractivity contribution in [1.29, 1.82) is 0 Å². The van der Waals surface area contributed by atoms with Crippen molar-refractivity contribution in [3.8, 4) is 5.75 Å². The molecular formula is C16H23BrN2O. The molecule has 2 aliphatic heterocycles. The molecule has 1 aromatic rings. The SMILES string of the molecule is CN(CC1CCNCC1)CC1Cc2cc(Br)ccc2O1. The number of nitrogens with one attached hydrogen (secondary N) is 1. The molecule has 1 N–H and O–H groups in total. The maximum atomic E-state index is 6.05. The third-order valence-corrected chi connectivity index (χ3v) is 4.80. The average Bonchev–Trinajstić information content (AvgIpc) is 2.80. The molecule has 0 aliphatic carbocycles. The van der Waals surface area contributed by atoms with Gasteiger partial charge in [0.2, 0.25) is 0 Å². The summed E-state index contributed by atoms with van der Waals surface area (Å²) < 4.78 is 7.19. The van der Waals surface area contributed by atoms with Crippen LogP contribution in [0, 0.1) is 5.92 Å². The number of nitrogens with zero attached hydrogens (tertiary/aromatic N) is 1. The lowest BCUT2D eigenvalue weighted by molar-refractivity contribution is 0.149. The number of hydrogen-bond acceptors (Lipinski definition) is 3. The molecule has 1 aromatic carbocycles. The van der Waals surface area contributed by atoms with Gasteiger partial charge in [-0.25, -0.2) is 0 Å². The maximum Gasteiger partial charge on any atom is 0.123 e. The Morgan fingerprint density at radius 1 is 1.30 bits per heavy atom. The normalized spacial score (nSPS) is 22.9. The van der Waals surface area contributed by atoms with Crippen LogP contribution in [0.3, 0.4) is 0 Å². The fourth-order valence-corrected chi connectivity index (χ4v) is 3.73. The second-order valence-electron chi connectivity index (χ2n) is 6.11. The lowest BCUT2D eigenvalue weighted by Gasteiger charge is -2.28. The van der Waals surface area contributed by atoms with Crippen LogP contribution in [0.15, 0.2) is 22.7 Å². The Morgan fingerprint density at radius 2 is 2.10 bits per heavy atom. The van der Waals surface area contributed by atoms with E-state index in [0.717, 1.165) is 29.1 Å². The van der Waals surface area contributed by atoms with Crippen LogP contribution < -0.4 is 10.1 Å². The first-order valence-electron chi connectivity index (χ1n) is 7.55. The van der Waals surface area contributed by atoms with E-state index in [1.54, 1.807) is 0 Å². The molecule has 20 heavy (non-hydrogen) atoms. The Balaban J connectivity index is 1.49. The van der Waals surface area contributed by atoms with Gasteiger partial charge in [0.05, 0.1) is 0 Å². The van der Waals surface area contributed by atoms with Crippen molar-refractivity contribution in [3.63, 3.8) is 0 Å². The summed E-state index contributed by atoms with van der Waals surface area (Å²) in [5.41, 5.74) is 1.33. The number of halogens is 1. The number of hydrogen-bond donors (Lipinski definition) is 1. The minimum Gasteiger partial charge on any atom is -0.488 e. The molecule has 1 fully saturated rings. The van der Waals surface area contributed by atoms with E-state index in [9.17, 15) is 0 Å². The molecule has 2 heterocycles. The Labute approximate surface area is 129 Å². The number of piperidine rings is 1. The largest absolute Gasteiger partial charge is 0.488 e. The van der Waals surface area contributed by atoms with Crippen molar-refractivity contribution < 1.29 is 4.74 Å². The molecule has 1 saturated heterocycles. The summed E-state index contributed by atoms with van der Waals surface area (Å²) in [5.74, 6) is 1.91. The van der Waals surface area contributed by atoms with Crippen LogP contribution in [-0.2, 0) is 6.42 Å². The first kappa shape index (κ1) is 14.4. The van der Waals surface area contributed by atoms with Gasteiger partial charge in [-0.1, -0.05) is 15.9 Å². The average molecular weight is 339 g/mol. The predicted octanol–water partition coefficient (Wildman–Crippen LogP) is 2.68. The number of benzene rings is 1. The minimum atomic E-state index is 0.311. The summed E-state index contributed by atoms with van der Waals surface area (Å²) in [5, 5.41) is 3.43. The van der Waals surface area contributed by atoms with Crippen LogP contribution in [0.1, 0.15) is 18.4 Å². The van der Waals surface area contributed by atoms with E-state index in [0.29, 0.717) is 6.10 Å². The number of ether oxygens (including phenoxy) is 1. The van der Waals surface area contributed by atoms with Crippen LogP contribution in [0.4, 0.5) is 0 Å². The molecule has 110 valence electrons. The summed E-state index contributed by atoms with van der Waals surface area (Å²) in [6.45, 7) is 4.58. The first-order chi connectivity index (χ1) is 9.70. The zero-order valence-corrected chi connectivity index (χ0v) is 13.7. The van der Waals surface area contributed by atoms with Crippen molar-refractivity contribution in [3.05, 3.63) is 28.2 Å². The predicted molar refractivity (Wildman–Crippen MR) is 85.4 cm³/mol. The smallest absolute Gasteiger partial charge is 0.123 e. The van der Waals surface area contributed by atoms with Gasteiger partial charge in [0.15, 0.2) is 0 Å². The zero-order valence-electron chi connectivity index (χ0n) is 12.1. The summed E-state index contributed by atoms with van der Waals surface area (Å²) in [6, 6.07) is 6.31. The first-order valence-corrected chi connectivity index (χ1v) is 8.34.